The number of aliphatic hydroxyl groups excluding tert-OH is 1. The summed E-state index contributed by atoms with van der Waals surface area (Å²) in [6.45, 7) is 7.14. The maximum atomic E-state index is 14.3. The number of amides is 2. The third-order valence-corrected chi connectivity index (χ3v) is 9.70. The predicted molar refractivity (Wildman–Crippen MR) is 180 cm³/mol. The Morgan fingerprint density at radius 1 is 1.13 bits per heavy atom. The third kappa shape index (κ3) is 11.4. The van der Waals surface area contributed by atoms with E-state index in [0.29, 0.717) is 31.7 Å². The summed E-state index contributed by atoms with van der Waals surface area (Å²) in [7, 11) is 1.62. The van der Waals surface area contributed by atoms with Gasteiger partial charge >= 0.3 is 0 Å². The average molecular weight is 679 g/mol. The minimum Gasteiger partial charge on any atom is -0.490 e. The van der Waals surface area contributed by atoms with Crippen molar-refractivity contribution in [1.82, 2.24) is 14.7 Å². The van der Waals surface area contributed by atoms with Gasteiger partial charge in [-0.05, 0) is 103 Å². The van der Waals surface area contributed by atoms with E-state index in [1.807, 2.05) is 32.8 Å². The number of anilines is 1. The quantitative estimate of drug-likeness (QED) is 0.362. The number of fused-ring (bicyclic) bond motifs is 1. The zero-order chi connectivity index (χ0) is 34.7. The van der Waals surface area contributed by atoms with Crippen molar-refractivity contribution >= 4 is 27.5 Å². The van der Waals surface area contributed by atoms with Crippen molar-refractivity contribution in [1.29, 1.82) is 0 Å². The molecule has 0 fully saturated rings. The predicted octanol–water partition coefficient (Wildman–Crippen LogP) is 4.22. The van der Waals surface area contributed by atoms with Crippen molar-refractivity contribution in [3.05, 3.63) is 53.8 Å². The second-order valence-electron chi connectivity index (χ2n) is 12.8. The summed E-state index contributed by atoms with van der Waals surface area (Å²) < 4.78 is 54.6. The number of halogens is 1. The van der Waals surface area contributed by atoms with E-state index in [2.05, 4.69) is 4.72 Å². The van der Waals surface area contributed by atoms with E-state index >= 15 is 0 Å². The molecule has 0 radical (unpaired) electrons. The molecular weight excluding hydrogens is 627 g/mol. The second-order valence-corrected chi connectivity index (χ2v) is 14.4. The van der Waals surface area contributed by atoms with Gasteiger partial charge in [0.15, 0.2) is 0 Å². The fraction of sp³-hybridized carbons (Fsp3) is 0.588. The Morgan fingerprint density at radius 3 is 2.49 bits per heavy atom. The molecule has 2 aromatic carbocycles. The molecule has 1 aliphatic heterocycles. The van der Waals surface area contributed by atoms with Gasteiger partial charge in [-0.25, -0.2) is 12.8 Å². The lowest BCUT2D eigenvalue weighted by Gasteiger charge is -2.36. The van der Waals surface area contributed by atoms with E-state index in [-0.39, 0.29) is 53.3 Å². The number of carbonyl (C=O) groups is 2. The van der Waals surface area contributed by atoms with E-state index in [9.17, 15) is 27.5 Å². The first-order valence-corrected chi connectivity index (χ1v) is 17.7. The summed E-state index contributed by atoms with van der Waals surface area (Å²) >= 11 is 0. The van der Waals surface area contributed by atoms with Crippen LogP contribution in [0.2, 0.25) is 0 Å². The standard InChI is InChI=1S/C34H51FN4O7S/c1-24-21-39(25(2)23-40)34(42)30-20-28(36-47(43,44)29-15-12-27(35)13-16-29)14-17-31(30)46-26(3)10-7-8-19-45-32(24)22-38(6)33(41)11-9-18-37(4)5/h12-17,20,24-26,32,36,40H,7-11,18-19,21-23H2,1-6H3/t24-,25+,26-,32-/m1/s1. The first kappa shape index (κ1) is 38.2. The molecule has 0 aliphatic carbocycles. The number of ether oxygens (including phenoxy) is 2. The summed E-state index contributed by atoms with van der Waals surface area (Å²) in [6, 6.07) is 8.34. The van der Waals surface area contributed by atoms with Crippen molar-refractivity contribution in [2.75, 3.05) is 58.7 Å². The molecule has 3 rings (SSSR count). The van der Waals surface area contributed by atoms with Crippen molar-refractivity contribution in [2.24, 2.45) is 5.92 Å². The molecule has 11 nitrogen and oxygen atoms in total. The van der Waals surface area contributed by atoms with E-state index < -0.39 is 27.8 Å². The summed E-state index contributed by atoms with van der Waals surface area (Å²) in [4.78, 5) is 32.4. The number of carbonyl (C=O) groups excluding carboxylic acids is 2. The van der Waals surface area contributed by atoms with Crippen molar-refractivity contribution in [3.63, 3.8) is 0 Å². The van der Waals surface area contributed by atoms with Gasteiger partial charge in [0.25, 0.3) is 15.9 Å². The summed E-state index contributed by atoms with van der Waals surface area (Å²) in [5.74, 6) is -0.925. The van der Waals surface area contributed by atoms with Crippen LogP contribution >= 0.6 is 0 Å². The highest BCUT2D eigenvalue weighted by atomic mass is 32.2. The molecule has 1 aliphatic rings. The number of sulfonamides is 1. The Balaban J connectivity index is 1.93. The van der Waals surface area contributed by atoms with Gasteiger partial charge in [0, 0.05) is 44.8 Å². The molecule has 2 aromatic rings. The normalized spacial score (nSPS) is 20.6. The Hall–Kier alpha value is -3.26. The molecule has 13 heteroatoms. The highest BCUT2D eigenvalue weighted by molar-refractivity contribution is 7.92. The second kappa shape index (κ2) is 17.8. The lowest BCUT2D eigenvalue weighted by atomic mass is 10.0. The van der Waals surface area contributed by atoms with Gasteiger partial charge in [-0.3, -0.25) is 14.3 Å². The van der Waals surface area contributed by atoms with Crippen molar-refractivity contribution in [3.8, 4) is 5.75 Å². The van der Waals surface area contributed by atoms with Crippen LogP contribution in [0.25, 0.3) is 0 Å². The molecule has 1 heterocycles. The number of aliphatic hydroxyl groups is 1. The molecule has 0 saturated carbocycles. The molecule has 0 aromatic heterocycles. The Bertz CT molecular complexity index is 1420. The Kier molecular flexibility index (Phi) is 14.4. The summed E-state index contributed by atoms with van der Waals surface area (Å²) in [6.07, 6.45) is 2.83. The minimum absolute atomic E-state index is 0.0224. The smallest absolute Gasteiger partial charge is 0.261 e. The molecule has 2 N–H and O–H groups in total. The highest BCUT2D eigenvalue weighted by Gasteiger charge is 2.31. The maximum Gasteiger partial charge on any atom is 0.261 e. The van der Waals surface area contributed by atoms with Gasteiger partial charge in [0.05, 0.1) is 35.3 Å². The van der Waals surface area contributed by atoms with E-state index in [4.69, 9.17) is 9.47 Å². The van der Waals surface area contributed by atoms with Gasteiger partial charge in [0.1, 0.15) is 11.6 Å². The largest absolute Gasteiger partial charge is 0.490 e. The molecule has 0 unspecified atom stereocenters. The number of nitrogens with one attached hydrogen (secondary N) is 1. The van der Waals surface area contributed by atoms with Crippen LogP contribution in [-0.2, 0) is 19.6 Å². The summed E-state index contributed by atoms with van der Waals surface area (Å²) in [5, 5.41) is 10.2. The number of benzene rings is 2. The van der Waals surface area contributed by atoms with Crippen LogP contribution in [0.4, 0.5) is 10.1 Å². The van der Waals surface area contributed by atoms with E-state index in [0.717, 1.165) is 50.1 Å². The number of hydrogen-bond donors (Lipinski definition) is 2. The molecule has 0 bridgehead atoms. The van der Waals surface area contributed by atoms with Crippen LogP contribution in [0.15, 0.2) is 47.4 Å². The molecule has 4 atom stereocenters. The molecule has 47 heavy (non-hydrogen) atoms. The van der Waals surface area contributed by atoms with Gasteiger partial charge in [-0.15, -0.1) is 0 Å². The topological polar surface area (TPSA) is 129 Å². The van der Waals surface area contributed by atoms with Gasteiger partial charge < -0.3 is 29.3 Å². The molecule has 2 amide bonds. The Labute approximate surface area is 279 Å². The van der Waals surface area contributed by atoms with Crippen LogP contribution in [0, 0.1) is 11.7 Å². The van der Waals surface area contributed by atoms with Gasteiger partial charge in [-0.1, -0.05) is 6.92 Å². The van der Waals surface area contributed by atoms with Crippen molar-refractivity contribution in [2.45, 2.75) is 76.0 Å². The minimum atomic E-state index is -4.09. The maximum absolute atomic E-state index is 14.3. The lowest BCUT2D eigenvalue weighted by Crippen LogP contribution is -2.48. The fourth-order valence-electron chi connectivity index (χ4n) is 5.39. The van der Waals surface area contributed by atoms with E-state index in [1.165, 1.54) is 17.0 Å². The average Bonchev–Trinajstić information content (AvgIpc) is 3.02. The van der Waals surface area contributed by atoms with Crippen molar-refractivity contribution < 1.29 is 37.0 Å². The van der Waals surface area contributed by atoms with E-state index in [1.54, 1.807) is 24.9 Å². The monoisotopic (exact) mass is 678 g/mol. The third-order valence-electron chi connectivity index (χ3n) is 8.30. The lowest BCUT2D eigenvalue weighted by molar-refractivity contribution is -0.132. The van der Waals surface area contributed by atoms with Gasteiger partial charge in [-0.2, -0.15) is 0 Å². The summed E-state index contributed by atoms with van der Waals surface area (Å²) in [5.41, 5.74) is 0.255. The van der Waals surface area contributed by atoms with Crippen LogP contribution < -0.4 is 9.46 Å². The molecule has 262 valence electrons. The number of likely N-dealkylation sites (N-methyl/N-ethyl adjacent to an activating group) is 1. The molecule has 0 saturated heterocycles. The molecule has 0 spiro atoms. The first-order valence-electron chi connectivity index (χ1n) is 16.2. The zero-order valence-electron chi connectivity index (χ0n) is 28.4. The number of rotatable bonds is 11. The van der Waals surface area contributed by atoms with Crippen LogP contribution in [-0.4, -0.2) is 112 Å². The highest BCUT2D eigenvalue weighted by Crippen LogP contribution is 2.29. The number of hydrogen-bond acceptors (Lipinski definition) is 8. The van der Waals surface area contributed by atoms with Gasteiger partial charge in [0.2, 0.25) is 5.91 Å². The molecular formula is C34H51FN4O7S. The first-order chi connectivity index (χ1) is 22.2. The van der Waals surface area contributed by atoms with Crippen LogP contribution in [0.3, 0.4) is 0 Å². The Morgan fingerprint density at radius 2 is 1.83 bits per heavy atom. The van der Waals surface area contributed by atoms with Crippen LogP contribution in [0.1, 0.15) is 63.2 Å². The number of nitrogens with zero attached hydrogens (tertiary/aromatic N) is 3. The zero-order valence-corrected chi connectivity index (χ0v) is 29.3. The van der Waals surface area contributed by atoms with Crippen LogP contribution in [0.5, 0.6) is 5.75 Å². The SMILES string of the molecule is C[C@@H]1CCCCO[C@H](CN(C)C(=O)CCCN(C)C)[C@H](C)CN([C@@H](C)CO)C(=O)c2cc(NS(=O)(=O)c3ccc(F)cc3)ccc2O1. The fourth-order valence-corrected chi connectivity index (χ4v) is 6.44.